The number of aryl methyl sites for hydroxylation is 2. The molecule has 0 bridgehead atoms. The Morgan fingerprint density at radius 2 is 1.94 bits per heavy atom. The van der Waals surface area contributed by atoms with E-state index in [1.807, 2.05) is 6.07 Å². The zero-order valence-electron chi connectivity index (χ0n) is 9.07. The van der Waals surface area contributed by atoms with Crippen molar-refractivity contribution in [2.45, 2.75) is 6.92 Å². The minimum Gasteiger partial charge on any atom is -0.287 e. The number of hydrogen-bond donors (Lipinski definition) is 0. The SMILES string of the molecule is Cc1nn(C)c(C(=O)c2ccccc2)c1F. The lowest BCUT2D eigenvalue weighted by atomic mass is 10.1. The van der Waals surface area contributed by atoms with Gasteiger partial charge in [0.1, 0.15) is 5.69 Å². The molecular weight excluding hydrogens is 207 g/mol. The number of ketones is 1. The summed E-state index contributed by atoms with van der Waals surface area (Å²) in [6.07, 6.45) is 0. The van der Waals surface area contributed by atoms with Gasteiger partial charge in [0.15, 0.2) is 5.82 Å². The van der Waals surface area contributed by atoms with Crippen molar-refractivity contribution in [1.29, 1.82) is 0 Å². The summed E-state index contributed by atoms with van der Waals surface area (Å²) in [5, 5.41) is 3.88. The lowest BCUT2D eigenvalue weighted by Crippen LogP contribution is -2.09. The van der Waals surface area contributed by atoms with Gasteiger partial charge in [0.2, 0.25) is 5.78 Å². The fourth-order valence-electron chi connectivity index (χ4n) is 1.61. The summed E-state index contributed by atoms with van der Waals surface area (Å²) >= 11 is 0. The van der Waals surface area contributed by atoms with E-state index in [9.17, 15) is 9.18 Å². The maximum Gasteiger partial charge on any atom is 0.214 e. The predicted molar refractivity (Wildman–Crippen MR) is 57.8 cm³/mol. The molecular formula is C12H11FN2O. The monoisotopic (exact) mass is 218 g/mol. The molecule has 0 fully saturated rings. The second kappa shape index (κ2) is 3.89. The molecule has 0 N–H and O–H groups in total. The van der Waals surface area contributed by atoms with Crippen LogP contribution >= 0.6 is 0 Å². The van der Waals surface area contributed by atoms with Crippen LogP contribution in [0.4, 0.5) is 4.39 Å². The van der Waals surface area contributed by atoms with E-state index < -0.39 is 5.82 Å². The summed E-state index contributed by atoms with van der Waals surface area (Å²) < 4.78 is 14.9. The summed E-state index contributed by atoms with van der Waals surface area (Å²) in [6, 6.07) is 8.61. The van der Waals surface area contributed by atoms with Crippen molar-refractivity contribution in [3.63, 3.8) is 0 Å². The fourth-order valence-corrected chi connectivity index (χ4v) is 1.61. The van der Waals surface area contributed by atoms with Crippen molar-refractivity contribution in [3.05, 3.63) is 53.1 Å². The van der Waals surface area contributed by atoms with Gasteiger partial charge in [-0.2, -0.15) is 5.10 Å². The molecule has 0 spiro atoms. The van der Waals surface area contributed by atoms with Crippen LogP contribution < -0.4 is 0 Å². The summed E-state index contributed by atoms with van der Waals surface area (Å²) in [5.74, 6) is -0.891. The average Bonchev–Trinajstić information content (AvgIpc) is 2.54. The molecule has 2 rings (SSSR count). The quantitative estimate of drug-likeness (QED) is 0.723. The number of nitrogens with zero attached hydrogens (tertiary/aromatic N) is 2. The van der Waals surface area contributed by atoms with Gasteiger partial charge in [0, 0.05) is 12.6 Å². The molecule has 0 saturated heterocycles. The zero-order valence-corrected chi connectivity index (χ0v) is 9.07. The second-order valence-corrected chi connectivity index (χ2v) is 3.57. The number of hydrogen-bond acceptors (Lipinski definition) is 2. The van der Waals surface area contributed by atoms with Crippen LogP contribution in [0.2, 0.25) is 0 Å². The number of halogens is 1. The Bertz CT molecular complexity index is 531. The van der Waals surface area contributed by atoms with Crippen LogP contribution in [0.5, 0.6) is 0 Å². The average molecular weight is 218 g/mol. The highest BCUT2D eigenvalue weighted by Gasteiger charge is 2.20. The van der Waals surface area contributed by atoms with Crippen LogP contribution in [0.15, 0.2) is 30.3 Å². The minimum atomic E-state index is -0.545. The lowest BCUT2D eigenvalue weighted by molar-refractivity contribution is 0.102. The van der Waals surface area contributed by atoms with E-state index in [0.717, 1.165) is 0 Å². The molecule has 1 heterocycles. The van der Waals surface area contributed by atoms with Gasteiger partial charge < -0.3 is 0 Å². The molecule has 2 aromatic rings. The molecule has 0 saturated carbocycles. The van der Waals surface area contributed by atoms with Crippen LogP contribution in [0, 0.1) is 12.7 Å². The Morgan fingerprint density at radius 1 is 1.31 bits per heavy atom. The zero-order chi connectivity index (χ0) is 11.7. The van der Waals surface area contributed by atoms with Gasteiger partial charge in [-0.05, 0) is 6.92 Å². The summed E-state index contributed by atoms with van der Waals surface area (Å²) in [7, 11) is 1.56. The predicted octanol–water partition coefficient (Wildman–Crippen LogP) is 2.10. The van der Waals surface area contributed by atoms with Crippen LogP contribution in [0.25, 0.3) is 0 Å². The third-order valence-electron chi connectivity index (χ3n) is 2.40. The smallest absolute Gasteiger partial charge is 0.214 e. The first-order chi connectivity index (χ1) is 7.61. The highest BCUT2D eigenvalue weighted by molar-refractivity contribution is 6.08. The van der Waals surface area contributed by atoms with Gasteiger partial charge >= 0.3 is 0 Å². The molecule has 0 unspecified atom stereocenters. The first-order valence-corrected chi connectivity index (χ1v) is 4.90. The number of aromatic nitrogens is 2. The number of carbonyl (C=O) groups is 1. The van der Waals surface area contributed by atoms with Gasteiger partial charge in [-0.1, -0.05) is 30.3 Å². The van der Waals surface area contributed by atoms with E-state index in [1.165, 1.54) is 11.6 Å². The highest BCUT2D eigenvalue weighted by Crippen LogP contribution is 2.15. The van der Waals surface area contributed by atoms with Crippen molar-refractivity contribution in [2.75, 3.05) is 0 Å². The maximum atomic E-state index is 13.7. The van der Waals surface area contributed by atoms with E-state index in [4.69, 9.17) is 0 Å². The topological polar surface area (TPSA) is 34.9 Å². The molecule has 0 aliphatic carbocycles. The Kier molecular flexibility index (Phi) is 2.56. The first kappa shape index (κ1) is 10.5. The van der Waals surface area contributed by atoms with Crippen LogP contribution in [-0.2, 0) is 7.05 Å². The van der Waals surface area contributed by atoms with Gasteiger partial charge in [-0.3, -0.25) is 9.48 Å². The Hall–Kier alpha value is -1.97. The van der Waals surface area contributed by atoms with Gasteiger partial charge in [0.05, 0.1) is 5.69 Å². The minimum absolute atomic E-state index is 0.00343. The Morgan fingerprint density at radius 3 is 2.44 bits per heavy atom. The van der Waals surface area contributed by atoms with E-state index in [-0.39, 0.29) is 17.2 Å². The van der Waals surface area contributed by atoms with Gasteiger partial charge in [-0.15, -0.1) is 0 Å². The second-order valence-electron chi connectivity index (χ2n) is 3.57. The van der Waals surface area contributed by atoms with E-state index in [1.54, 1.807) is 31.3 Å². The summed E-state index contributed by atoms with van der Waals surface area (Å²) in [6.45, 7) is 1.54. The van der Waals surface area contributed by atoms with E-state index >= 15 is 0 Å². The molecule has 4 heteroatoms. The van der Waals surface area contributed by atoms with Crippen LogP contribution in [0.1, 0.15) is 21.7 Å². The van der Waals surface area contributed by atoms with Crippen molar-refractivity contribution in [2.24, 2.45) is 7.05 Å². The molecule has 0 aliphatic rings. The normalized spacial score (nSPS) is 10.4. The number of benzene rings is 1. The molecule has 82 valence electrons. The molecule has 1 aromatic heterocycles. The molecule has 3 nitrogen and oxygen atoms in total. The van der Waals surface area contributed by atoms with Crippen molar-refractivity contribution >= 4 is 5.78 Å². The summed E-state index contributed by atoms with van der Waals surface area (Å²) in [5.41, 5.74) is 0.704. The van der Waals surface area contributed by atoms with E-state index in [0.29, 0.717) is 5.56 Å². The van der Waals surface area contributed by atoms with Crippen molar-refractivity contribution in [1.82, 2.24) is 9.78 Å². The third-order valence-corrected chi connectivity index (χ3v) is 2.40. The molecule has 16 heavy (non-hydrogen) atoms. The van der Waals surface area contributed by atoms with Gasteiger partial charge in [0.25, 0.3) is 0 Å². The molecule has 0 amide bonds. The number of carbonyl (C=O) groups excluding carboxylic acids is 1. The highest BCUT2D eigenvalue weighted by atomic mass is 19.1. The van der Waals surface area contributed by atoms with Crippen molar-refractivity contribution in [3.8, 4) is 0 Å². The fraction of sp³-hybridized carbons (Fsp3) is 0.167. The lowest BCUT2D eigenvalue weighted by Gasteiger charge is -2.01. The molecule has 0 radical (unpaired) electrons. The van der Waals surface area contributed by atoms with Crippen LogP contribution in [-0.4, -0.2) is 15.6 Å². The third kappa shape index (κ3) is 1.62. The van der Waals surface area contributed by atoms with E-state index in [2.05, 4.69) is 5.10 Å². The maximum absolute atomic E-state index is 13.7. The standard InChI is InChI=1S/C12H11FN2O/c1-8-10(13)11(15(2)14-8)12(16)9-6-4-3-5-7-9/h3-7H,1-2H3. The van der Waals surface area contributed by atoms with Crippen LogP contribution in [0.3, 0.4) is 0 Å². The number of rotatable bonds is 2. The van der Waals surface area contributed by atoms with Crippen molar-refractivity contribution < 1.29 is 9.18 Å². The van der Waals surface area contributed by atoms with Gasteiger partial charge in [-0.25, -0.2) is 4.39 Å². The Balaban J connectivity index is 2.50. The molecule has 0 aliphatic heterocycles. The largest absolute Gasteiger partial charge is 0.287 e. The first-order valence-electron chi connectivity index (χ1n) is 4.90. The summed E-state index contributed by atoms with van der Waals surface area (Å²) in [4.78, 5) is 12.0. The molecule has 1 aromatic carbocycles. The Labute approximate surface area is 92.5 Å². The molecule has 0 atom stereocenters.